The normalized spacial score (nSPS) is 26.7. The molecule has 0 saturated carbocycles. The Hall–Kier alpha value is -1.54. The molecule has 140 valence electrons. The van der Waals surface area contributed by atoms with Gasteiger partial charge in [0.2, 0.25) is 11.8 Å². The number of carboxylic acids is 1. The van der Waals surface area contributed by atoms with Gasteiger partial charge >= 0.3 is 5.97 Å². The number of carbonyl (C=O) groups is 3. The number of carbonyl (C=O) groups excluding carboxylic acids is 2. The van der Waals surface area contributed by atoms with Crippen molar-refractivity contribution in [3.63, 3.8) is 0 Å². The molecule has 2 N–H and O–H groups in total. The van der Waals surface area contributed by atoms with Gasteiger partial charge in [-0.25, -0.2) is 4.79 Å². The van der Waals surface area contributed by atoms with Gasteiger partial charge < -0.3 is 15.3 Å². The quantitative estimate of drug-likeness (QED) is 0.683. The third-order valence-corrected chi connectivity index (χ3v) is 6.83. The van der Waals surface area contributed by atoms with Gasteiger partial charge in [0.25, 0.3) is 0 Å². The molecular weight excluding hydrogens is 420 g/mol. The Morgan fingerprint density at radius 3 is 2.73 bits per heavy atom. The summed E-state index contributed by atoms with van der Waals surface area (Å²) in [6.45, 7) is 0. The van der Waals surface area contributed by atoms with Crippen molar-refractivity contribution in [3.05, 3.63) is 35.9 Å². The number of rotatable bonds is 5. The summed E-state index contributed by atoms with van der Waals surface area (Å²) in [5.74, 6) is -1.11. The van der Waals surface area contributed by atoms with E-state index >= 15 is 0 Å². The van der Waals surface area contributed by atoms with E-state index in [1.54, 1.807) is 0 Å². The first-order valence-electron chi connectivity index (χ1n) is 8.62. The lowest BCUT2D eigenvalue weighted by Gasteiger charge is -2.28. The van der Waals surface area contributed by atoms with Crippen molar-refractivity contribution in [1.29, 1.82) is 0 Å². The van der Waals surface area contributed by atoms with E-state index in [2.05, 4.69) is 21.2 Å². The molecule has 3 unspecified atom stereocenters. The zero-order valence-electron chi connectivity index (χ0n) is 14.1. The maximum absolute atomic E-state index is 12.9. The van der Waals surface area contributed by atoms with Crippen molar-refractivity contribution in [3.8, 4) is 0 Å². The molecule has 8 heteroatoms. The molecule has 0 bridgehead atoms. The minimum Gasteiger partial charge on any atom is -0.480 e. The first-order chi connectivity index (χ1) is 12.5. The van der Waals surface area contributed by atoms with Gasteiger partial charge in [0.15, 0.2) is 0 Å². The number of nitrogens with zero attached hydrogens (tertiary/aromatic N) is 1. The van der Waals surface area contributed by atoms with Crippen molar-refractivity contribution in [2.24, 2.45) is 0 Å². The number of carboxylic acid groups (broad SMARTS) is 1. The number of amides is 2. The number of alkyl halides is 1. The second-order valence-electron chi connectivity index (χ2n) is 6.54. The Morgan fingerprint density at radius 1 is 1.31 bits per heavy atom. The van der Waals surface area contributed by atoms with Crippen molar-refractivity contribution < 1.29 is 19.5 Å². The number of nitrogens with one attached hydrogen (secondary N) is 1. The van der Waals surface area contributed by atoms with Crippen LogP contribution in [0.3, 0.4) is 0 Å². The molecular formula is C18H21BrN2O4S. The Bertz CT molecular complexity index is 687. The summed E-state index contributed by atoms with van der Waals surface area (Å²) in [6, 6.07) is 8.17. The molecule has 0 aromatic heterocycles. The van der Waals surface area contributed by atoms with Gasteiger partial charge in [0.05, 0.1) is 10.2 Å². The lowest BCUT2D eigenvalue weighted by molar-refractivity contribution is -0.149. The number of hydrogen-bond donors (Lipinski definition) is 2. The van der Waals surface area contributed by atoms with Gasteiger partial charge in [-0.3, -0.25) is 9.59 Å². The molecule has 0 radical (unpaired) electrons. The minimum absolute atomic E-state index is 0.102. The van der Waals surface area contributed by atoms with Crippen LogP contribution >= 0.6 is 27.7 Å². The Kier molecular flexibility index (Phi) is 6.24. The van der Waals surface area contributed by atoms with Crippen molar-refractivity contribution in [1.82, 2.24) is 10.2 Å². The summed E-state index contributed by atoms with van der Waals surface area (Å²) < 4.78 is 0. The zero-order chi connectivity index (χ0) is 18.7. The van der Waals surface area contributed by atoms with E-state index in [0.29, 0.717) is 18.6 Å². The number of hydrogen-bond acceptors (Lipinski definition) is 4. The van der Waals surface area contributed by atoms with Crippen molar-refractivity contribution in [2.45, 2.75) is 48.0 Å². The molecule has 2 amide bonds. The van der Waals surface area contributed by atoms with E-state index in [0.717, 1.165) is 18.4 Å². The third kappa shape index (κ3) is 4.23. The predicted octanol–water partition coefficient (Wildman–Crippen LogP) is 2.02. The van der Waals surface area contributed by atoms with Crippen LogP contribution in [-0.4, -0.2) is 55.8 Å². The minimum atomic E-state index is -0.984. The maximum atomic E-state index is 12.9. The standard InChI is InChI=1S/C18H21BrN2O4S/c19-12(9-11-5-2-1-3-6-11)16(22)20-13-7-4-8-15-21(17(13)23)14(10-26-15)18(24)25/h1-3,5-6,12-15H,4,7-10H2,(H,20,22)(H,24,25)/t12-,13?,14?,15?/m1/s1. The average Bonchev–Trinajstić information content (AvgIpc) is 2.99. The van der Waals surface area contributed by atoms with E-state index < -0.39 is 22.9 Å². The zero-order valence-corrected chi connectivity index (χ0v) is 16.5. The fourth-order valence-corrected chi connectivity index (χ4v) is 5.34. The van der Waals surface area contributed by atoms with Crippen LogP contribution in [0.1, 0.15) is 24.8 Å². The summed E-state index contributed by atoms with van der Waals surface area (Å²) in [5, 5.41) is 12.1. The molecule has 1 aromatic carbocycles. The monoisotopic (exact) mass is 440 g/mol. The predicted molar refractivity (Wildman–Crippen MR) is 103 cm³/mol. The van der Waals surface area contributed by atoms with E-state index in [1.807, 2.05) is 30.3 Å². The molecule has 0 spiro atoms. The molecule has 2 heterocycles. The molecule has 2 fully saturated rings. The first-order valence-corrected chi connectivity index (χ1v) is 10.6. The van der Waals surface area contributed by atoms with E-state index in [-0.39, 0.29) is 17.2 Å². The number of aliphatic carboxylic acids is 1. The van der Waals surface area contributed by atoms with Crippen LogP contribution in [0.5, 0.6) is 0 Å². The highest BCUT2D eigenvalue weighted by Gasteiger charge is 2.45. The Morgan fingerprint density at radius 2 is 2.04 bits per heavy atom. The highest BCUT2D eigenvalue weighted by molar-refractivity contribution is 9.10. The topological polar surface area (TPSA) is 86.7 Å². The number of halogens is 1. The van der Waals surface area contributed by atoms with Gasteiger partial charge in [-0.05, 0) is 31.2 Å². The van der Waals surface area contributed by atoms with Crippen LogP contribution in [-0.2, 0) is 20.8 Å². The van der Waals surface area contributed by atoms with Crippen LogP contribution in [0.15, 0.2) is 30.3 Å². The molecule has 2 saturated heterocycles. The van der Waals surface area contributed by atoms with Gasteiger partial charge in [-0.1, -0.05) is 46.3 Å². The summed E-state index contributed by atoms with van der Waals surface area (Å²) in [6.07, 6.45) is 2.60. The van der Waals surface area contributed by atoms with Gasteiger partial charge in [0.1, 0.15) is 12.1 Å². The maximum Gasteiger partial charge on any atom is 0.327 e. The molecule has 4 atom stereocenters. The average molecular weight is 441 g/mol. The van der Waals surface area contributed by atoms with E-state index in [4.69, 9.17) is 0 Å². The SMILES string of the molecule is O=C(O)C1CSC2CCCC(NC(=O)[C@H](Br)Cc3ccccc3)C(=O)N21. The fourth-order valence-electron chi connectivity index (χ4n) is 3.38. The largest absolute Gasteiger partial charge is 0.480 e. The van der Waals surface area contributed by atoms with Gasteiger partial charge in [0, 0.05) is 5.75 Å². The number of benzene rings is 1. The third-order valence-electron chi connectivity index (χ3n) is 4.73. The summed E-state index contributed by atoms with van der Waals surface area (Å²) in [7, 11) is 0. The molecule has 2 aliphatic rings. The van der Waals surface area contributed by atoms with Crippen molar-refractivity contribution in [2.75, 3.05) is 5.75 Å². The molecule has 6 nitrogen and oxygen atoms in total. The van der Waals surface area contributed by atoms with Crippen LogP contribution in [0, 0.1) is 0 Å². The molecule has 0 aliphatic carbocycles. The van der Waals surface area contributed by atoms with Crippen LogP contribution in [0.4, 0.5) is 0 Å². The summed E-state index contributed by atoms with van der Waals surface area (Å²) in [5.41, 5.74) is 1.03. The first kappa shape index (κ1) is 19.2. The molecule has 2 aliphatic heterocycles. The number of thioether (sulfide) groups is 1. The molecule has 1 aromatic rings. The highest BCUT2D eigenvalue weighted by Crippen LogP contribution is 2.35. The van der Waals surface area contributed by atoms with Crippen LogP contribution in [0.2, 0.25) is 0 Å². The molecule has 26 heavy (non-hydrogen) atoms. The Balaban J connectivity index is 1.65. The fraction of sp³-hybridized carbons (Fsp3) is 0.500. The smallest absolute Gasteiger partial charge is 0.327 e. The second-order valence-corrected chi connectivity index (χ2v) is 8.85. The van der Waals surface area contributed by atoms with Crippen molar-refractivity contribution >= 4 is 45.5 Å². The van der Waals surface area contributed by atoms with Crippen LogP contribution < -0.4 is 5.32 Å². The molecule has 3 rings (SSSR count). The van der Waals surface area contributed by atoms with Crippen LogP contribution in [0.25, 0.3) is 0 Å². The second kappa shape index (κ2) is 8.43. The van der Waals surface area contributed by atoms with E-state index in [1.165, 1.54) is 16.7 Å². The van der Waals surface area contributed by atoms with Gasteiger partial charge in [-0.15, -0.1) is 11.8 Å². The van der Waals surface area contributed by atoms with E-state index in [9.17, 15) is 19.5 Å². The summed E-state index contributed by atoms with van der Waals surface area (Å²) >= 11 is 4.91. The van der Waals surface area contributed by atoms with Gasteiger partial charge in [-0.2, -0.15) is 0 Å². The summed E-state index contributed by atoms with van der Waals surface area (Å²) in [4.78, 5) is 37.9. The Labute approximate surface area is 164 Å². The highest BCUT2D eigenvalue weighted by atomic mass is 79.9. The number of fused-ring (bicyclic) bond motifs is 1. The lowest BCUT2D eigenvalue weighted by atomic mass is 10.1. The lowest BCUT2D eigenvalue weighted by Crippen LogP contribution is -2.54.